The van der Waals surface area contributed by atoms with Gasteiger partial charge in [-0.05, 0) is 36.4 Å². The van der Waals surface area contributed by atoms with Crippen LogP contribution in [0.2, 0.25) is 5.02 Å². The van der Waals surface area contributed by atoms with E-state index >= 15 is 0 Å². The number of benzene rings is 2. The van der Waals surface area contributed by atoms with Gasteiger partial charge in [-0.3, -0.25) is 4.79 Å². The number of fused-ring (bicyclic) bond motifs is 3. The predicted molar refractivity (Wildman–Crippen MR) is 89.9 cm³/mol. The van der Waals surface area contributed by atoms with Crippen molar-refractivity contribution in [2.45, 2.75) is 6.42 Å². The van der Waals surface area contributed by atoms with Gasteiger partial charge in [0.25, 0.3) is 0 Å². The van der Waals surface area contributed by atoms with E-state index in [1.807, 2.05) is 12.1 Å². The van der Waals surface area contributed by atoms with Gasteiger partial charge < -0.3 is 10.5 Å². The van der Waals surface area contributed by atoms with E-state index in [9.17, 15) is 4.79 Å². The molecule has 2 aromatic rings. The van der Waals surface area contributed by atoms with Gasteiger partial charge in [0.05, 0.1) is 18.0 Å². The summed E-state index contributed by atoms with van der Waals surface area (Å²) in [6, 6.07) is 12.6. The Morgan fingerprint density at radius 1 is 1.22 bits per heavy atom. The topological polar surface area (TPSA) is 67.9 Å². The van der Waals surface area contributed by atoms with Crippen LogP contribution >= 0.6 is 11.6 Å². The molecule has 116 valence electrons. The molecule has 2 aliphatic rings. The lowest BCUT2D eigenvalue weighted by Crippen LogP contribution is -2.41. The lowest BCUT2D eigenvalue weighted by molar-refractivity contribution is -0.119. The highest BCUT2D eigenvalue weighted by Crippen LogP contribution is 2.35. The van der Waals surface area contributed by atoms with Gasteiger partial charge in [0, 0.05) is 34.7 Å². The number of anilines is 2. The maximum Gasteiger partial charge on any atom is 0.248 e. The summed E-state index contributed by atoms with van der Waals surface area (Å²) in [4.78, 5) is 12.4. The van der Waals surface area contributed by atoms with Crippen LogP contribution in [0, 0.1) is 5.92 Å². The fourth-order valence-electron chi connectivity index (χ4n) is 2.90. The number of nitrogens with two attached hydrogens (primary N) is 1. The molecule has 2 N–H and O–H groups in total. The van der Waals surface area contributed by atoms with E-state index in [-0.39, 0.29) is 11.8 Å². The molecule has 1 unspecified atom stereocenters. The SMILES string of the molecule is Nc1ccc2c(c1)OCC1CC(=O)N(c3ccc(Cl)cc3)N=C21. The van der Waals surface area contributed by atoms with Gasteiger partial charge in [-0.25, -0.2) is 5.01 Å². The number of nitrogen functional groups attached to an aromatic ring is 1. The zero-order chi connectivity index (χ0) is 16.0. The van der Waals surface area contributed by atoms with Crippen LogP contribution in [-0.2, 0) is 4.79 Å². The van der Waals surface area contributed by atoms with Crippen molar-refractivity contribution >= 4 is 34.6 Å². The summed E-state index contributed by atoms with van der Waals surface area (Å²) in [7, 11) is 0. The van der Waals surface area contributed by atoms with E-state index < -0.39 is 0 Å². The fraction of sp³-hybridized carbons (Fsp3) is 0.176. The van der Waals surface area contributed by atoms with Crippen molar-refractivity contribution in [2.24, 2.45) is 11.0 Å². The molecule has 0 aliphatic carbocycles. The number of carbonyl (C=O) groups excluding carboxylic acids is 1. The number of hydrazone groups is 1. The van der Waals surface area contributed by atoms with Crippen molar-refractivity contribution < 1.29 is 9.53 Å². The summed E-state index contributed by atoms with van der Waals surface area (Å²) >= 11 is 5.91. The fourth-order valence-corrected chi connectivity index (χ4v) is 3.02. The van der Waals surface area contributed by atoms with E-state index in [1.165, 1.54) is 5.01 Å². The molecule has 4 rings (SSSR count). The van der Waals surface area contributed by atoms with Crippen LogP contribution in [0.3, 0.4) is 0 Å². The molecule has 2 heterocycles. The monoisotopic (exact) mass is 327 g/mol. The molecule has 0 radical (unpaired) electrons. The Labute approximate surface area is 138 Å². The highest BCUT2D eigenvalue weighted by molar-refractivity contribution is 6.30. The molecule has 0 saturated carbocycles. The molecule has 5 nitrogen and oxygen atoms in total. The van der Waals surface area contributed by atoms with Crippen LogP contribution in [0.25, 0.3) is 0 Å². The normalized spacial score (nSPS) is 19.5. The van der Waals surface area contributed by atoms with Gasteiger partial charge >= 0.3 is 0 Å². The number of nitrogens with zero attached hydrogens (tertiary/aromatic N) is 2. The summed E-state index contributed by atoms with van der Waals surface area (Å²) < 4.78 is 5.73. The minimum atomic E-state index is -0.0523. The molecule has 6 heteroatoms. The third kappa shape index (κ3) is 2.43. The highest BCUT2D eigenvalue weighted by atomic mass is 35.5. The van der Waals surface area contributed by atoms with E-state index in [0.29, 0.717) is 35.2 Å². The summed E-state index contributed by atoms with van der Waals surface area (Å²) in [5.41, 5.74) is 8.91. The van der Waals surface area contributed by atoms with Crippen LogP contribution < -0.4 is 15.5 Å². The summed E-state index contributed by atoms with van der Waals surface area (Å²) in [5, 5.41) is 6.65. The predicted octanol–water partition coefficient (Wildman–Crippen LogP) is 3.07. The quantitative estimate of drug-likeness (QED) is 0.818. The van der Waals surface area contributed by atoms with Crippen molar-refractivity contribution in [2.75, 3.05) is 17.3 Å². The number of amides is 1. The van der Waals surface area contributed by atoms with Crippen LogP contribution in [0.15, 0.2) is 47.6 Å². The third-order valence-electron chi connectivity index (χ3n) is 4.04. The van der Waals surface area contributed by atoms with Gasteiger partial charge in [0.2, 0.25) is 5.91 Å². The first-order chi connectivity index (χ1) is 11.1. The summed E-state index contributed by atoms with van der Waals surface area (Å²) in [6.07, 6.45) is 0.366. The van der Waals surface area contributed by atoms with Crippen molar-refractivity contribution in [3.8, 4) is 5.75 Å². The molecule has 1 atom stereocenters. The van der Waals surface area contributed by atoms with Gasteiger partial charge in [-0.2, -0.15) is 5.10 Å². The van der Waals surface area contributed by atoms with E-state index in [1.54, 1.807) is 30.3 Å². The zero-order valence-electron chi connectivity index (χ0n) is 12.2. The lowest BCUT2D eigenvalue weighted by atomic mass is 9.90. The first kappa shape index (κ1) is 14.1. The average molecular weight is 328 g/mol. The van der Waals surface area contributed by atoms with Crippen LogP contribution in [0.5, 0.6) is 5.75 Å². The molecule has 0 aromatic heterocycles. The largest absolute Gasteiger partial charge is 0.492 e. The molecular formula is C17H14ClN3O2. The molecule has 0 fully saturated rings. The average Bonchev–Trinajstić information content (AvgIpc) is 2.55. The summed E-state index contributed by atoms with van der Waals surface area (Å²) in [6.45, 7) is 0.440. The second-order valence-electron chi connectivity index (χ2n) is 5.63. The van der Waals surface area contributed by atoms with E-state index in [2.05, 4.69) is 5.10 Å². The maximum atomic E-state index is 12.4. The molecule has 2 aromatic carbocycles. The minimum absolute atomic E-state index is 0.0258. The van der Waals surface area contributed by atoms with Crippen molar-refractivity contribution in [1.82, 2.24) is 0 Å². The molecule has 2 aliphatic heterocycles. The van der Waals surface area contributed by atoms with Gasteiger partial charge in [-0.15, -0.1) is 0 Å². The minimum Gasteiger partial charge on any atom is -0.492 e. The number of rotatable bonds is 1. The van der Waals surface area contributed by atoms with Gasteiger partial charge in [-0.1, -0.05) is 11.6 Å². The van der Waals surface area contributed by atoms with E-state index in [0.717, 1.165) is 11.3 Å². The second-order valence-corrected chi connectivity index (χ2v) is 6.07. The van der Waals surface area contributed by atoms with Crippen molar-refractivity contribution in [3.05, 3.63) is 53.1 Å². The molecule has 23 heavy (non-hydrogen) atoms. The van der Waals surface area contributed by atoms with Crippen LogP contribution in [0.1, 0.15) is 12.0 Å². The molecule has 1 amide bonds. The molecular weight excluding hydrogens is 314 g/mol. The molecule has 0 saturated heterocycles. The Balaban J connectivity index is 1.79. The number of carbonyl (C=O) groups is 1. The number of halogens is 1. The Morgan fingerprint density at radius 2 is 2.00 bits per heavy atom. The summed E-state index contributed by atoms with van der Waals surface area (Å²) in [5.74, 6) is 0.635. The Morgan fingerprint density at radius 3 is 2.78 bits per heavy atom. The van der Waals surface area contributed by atoms with Gasteiger partial charge in [0.15, 0.2) is 0 Å². The number of ether oxygens (including phenoxy) is 1. The van der Waals surface area contributed by atoms with Gasteiger partial charge in [0.1, 0.15) is 5.75 Å². The zero-order valence-corrected chi connectivity index (χ0v) is 13.0. The first-order valence-electron chi connectivity index (χ1n) is 7.31. The second kappa shape index (κ2) is 5.28. The smallest absolute Gasteiger partial charge is 0.248 e. The van der Waals surface area contributed by atoms with Crippen LogP contribution in [-0.4, -0.2) is 18.2 Å². The van der Waals surface area contributed by atoms with Crippen molar-refractivity contribution in [3.63, 3.8) is 0 Å². The standard InChI is InChI=1S/C17H14ClN3O2/c18-11-1-4-13(5-2-11)21-16(22)7-10-9-23-15-8-12(19)3-6-14(15)17(10)20-21/h1-6,8,10H,7,9,19H2. The van der Waals surface area contributed by atoms with Crippen LogP contribution in [0.4, 0.5) is 11.4 Å². The molecule has 0 bridgehead atoms. The highest BCUT2D eigenvalue weighted by Gasteiger charge is 2.35. The van der Waals surface area contributed by atoms with Crippen molar-refractivity contribution in [1.29, 1.82) is 0 Å². The maximum absolute atomic E-state index is 12.4. The number of hydrogen-bond acceptors (Lipinski definition) is 4. The first-order valence-corrected chi connectivity index (χ1v) is 7.69. The lowest BCUT2D eigenvalue weighted by Gasteiger charge is -2.33. The van der Waals surface area contributed by atoms with E-state index in [4.69, 9.17) is 22.1 Å². The third-order valence-corrected chi connectivity index (χ3v) is 4.30. The number of hydrogen-bond donors (Lipinski definition) is 1. The Kier molecular flexibility index (Phi) is 3.23. The Hall–Kier alpha value is -2.53. The molecule has 0 spiro atoms. The Bertz CT molecular complexity index is 817.